The zero-order valence-corrected chi connectivity index (χ0v) is 22.7. The maximum absolute atomic E-state index is 12.8. The third-order valence-corrected chi connectivity index (χ3v) is 7.91. The Morgan fingerprint density at radius 3 is 2.11 bits per heavy atom. The van der Waals surface area contributed by atoms with Crippen LogP contribution in [0.1, 0.15) is 30.0 Å². The lowest BCUT2D eigenvalue weighted by atomic mass is 10.1. The number of nitrogens with one attached hydrogen (secondary N) is 2. The number of hydrogen-bond donors (Lipinski definition) is 3. The van der Waals surface area contributed by atoms with Crippen molar-refractivity contribution >= 4 is 54.5 Å². The fourth-order valence-corrected chi connectivity index (χ4v) is 5.58. The van der Waals surface area contributed by atoms with Crippen LogP contribution in [0.4, 0.5) is 5.69 Å². The van der Waals surface area contributed by atoms with E-state index in [0.717, 1.165) is 26.5 Å². The van der Waals surface area contributed by atoms with Gasteiger partial charge >= 0.3 is 5.97 Å². The number of benzene rings is 3. The summed E-state index contributed by atoms with van der Waals surface area (Å²) in [7, 11) is -4.00. The lowest BCUT2D eigenvalue weighted by Gasteiger charge is -2.18. The standard InChI is InChI=1S/C27H25BrN2O6S/c1-15(2)24(27(32)33)30-37(34,35)21-11-6-18(7-12-21)17-4-9-20(10-5-17)29-26(31)25-16(3)22-14-19(28)8-13-23(22)36-25/h4-15,24,30H,1-3H3,(H,29,31)(H,32,33)/t24-/m0/s1. The van der Waals surface area contributed by atoms with Crippen molar-refractivity contribution < 1.29 is 27.5 Å². The van der Waals surface area contributed by atoms with Crippen LogP contribution >= 0.6 is 15.9 Å². The highest BCUT2D eigenvalue weighted by atomic mass is 79.9. The molecule has 3 aromatic carbocycles. The number of aryl methyl sites for hydroxylation is 1. The van der Waals surface area contributed by atoms with Gasteiger partial charge in [-0.05, 0) is 66.4 Å². The average Bonchev–Trinajstić information content (AvgIpc) is 3.18. The van der Waals surface area contributed by atoms with E-state index in [1.54, 1.807) is 56.3 Å². The molecule has 0 fully saturated rings. The number of anilines is 1. The Bertz CT molecular complexity index is 1580. The Morgan fingerprint density at radius 2 is 1.54 bits per heavy atom. The summed E-state index contributed by atoms with van der Waals surface area (Å²) in [6.07, 6.45) is 0. The second kappa shape index (κ2) is 10.5. The van der Waals surface area contributed by atoms with Gasteiger partial charge in [-0.2, -0.15) is 4.72 Å². The number of aliphatic carboxylic acids is 1. The van der Waals surface area contributed by atoms with E-state index in [2.05, 4.69) is 26.0 Å². The minimum atomic E-state index is -4.00. The molecular weight excluding hydrogens is 560 g/mol. The molecule has 0 aliphatic heterocycles. The Balaban J connectivity index is 1.47. The molecule has 0 spiro atoms. The molecule has 8 nitrogen and oxygen atoms in total. The largest absolute Gasteiger partial charge is 0.480 e. The summed E-state index contributed by atoms with van der Waals surface area (Å²) in [4.78, 5) is 24.2. The number of carboxylic acid groups (broad SMARTS) is 1. The van der Waals surface area contributed by atoms with Crippen LogP contribution in [0.15, 0.2) is 80.5 Å². The highest BCUT2D eigenvalue weighted by molar-refractivity contribution is 9.10. The van der Waals surface area contributed by atoms with Crippen molar-refractivity contribution in [3.8, 4) is 11.1 Å². The highest BCUT2D eigenvalue weighted by Gasteiger charge is 2.28. The minimum Gasteiger partial charge on any atom is -0.480 e. The number of amides is 1. The maximum atomic E-state index is 12.8. The van der Waals surface area contributed by atoms with Gasteiger partial charge in [0, 0.05) is 21.1 Å². The van der Waals surface area contributed by atoms with Gasteiger partial charge in [-0.25, -0.2) is 8.42 Å². The number of halogens is 1. The number of carbonyl (C=O) groups excluding carboxylic acids is 1. The summed E-state index contributed by atoms with van der Waals surface area (Å²) in [5.41, 5.74) is 3.52. The Morgan fingerprint density at radius 1 is 0.946 bits per heavy atom. The first-order valence-corrected chi connectivity index (χ1v) is 13.7. The van der Waals surface area contributed by atoms with Crippen LogP contribution in [-0.2, 0) is 14.8 Å². The van der Waals surface area contributed by atoms with E-state index < -0.39 is 28.0 Å². The molecule has 0 saturated heterocycles. The van der Waals surface area contributed by atoms with Crippen LogP contribution in [0.25, 0.3) is 22.1 Å². The molecule has 192 valence electrons. The van der Waals surface area contributed by atoms with Crippen LogP contribution in [0.3, 0.4) is 0 Å². The van der Waals surface area contributed by atoms with E-state index in [1.807, 2.05) is 19.1 Å². The highest BCUT2D eigenvalue weighted by Crippen LogP contribution is 2.29. The average molecular weight is 585 g/mol. The molecule has 1 atom stereocenters. The SMILES string of the molecule is Cc1c(C(=O)Nc2ccc(-c3ccc(S(=O)(=O)N[C@H](C(=O)O)C(C)C)cc3)cc2)oc2ccc(Br)cc12. The molecule has 0 saturated carbocycles. The predicted molar refractivity (Wildman–Crippen MR) is 145 cm³/mol. The number of carbonyl (C=O) groups is 2. The lowest BCUT2D eigenvalue weighted by molar-refractivity contribution is -0.140. The predicted octanol–water partition coefficient (Wildman–Crippen LogP) is 5.81. The molecule has 4 rings (SSSR count). The van der Waals surface area contributed by atoms with Crippen LogP contribution in [0, 0.1) is 12.8 Å². The summed E-state index contributed by atoms with van der Waals surface area (Å²) >= 11 is 3.43. The van der Waals surface area contributed by atoms with Gasteiger partial charge in [0.15, 0.2) is 5.76 Å². The van der Waals surface area contributed by atoms with Gasteiger partial charge in [-0.15, -0.1) is 0 Å². The number of fused-ring (bicyclic) bond motifs is 1. The molecule has 1 heterocycles. The number of furan rings is 1. The number of hydrogen-bond acceptors (Lipinski definition) is 5. The summed E-state index contributed by atoms with van der Waals surface area (Å²) in [6, 6.07) is 17.6. The molecule has 0 radical (unpaired) electrons. The van der Waals surface area contributed by atoms with Gasteiger partial charge in [0.05, 0.1) is 4.90 Å². The van der Waals surface area contributed by atoms with Crippen LogP contribution < -0.4 is 10.0 Å². The fourth-order valence-electron chi connectivity index (χ4n) is 3.88. The van der Waals surface area contributed by atoms with Crippen LogP contribution in [-0.4, -0.2) is 31.4 Å². The van der Waals surface area contributed by atoms with Crippen molar-refractivity contribution in [3.05, 3.63) is 82.5 Å². The number of carboxylic acids is 1. The van der Waals surface area contributed by atoms with Gasteiger partial charge < -0.3 is 14.8 Å². The normalized spacial score (nSPS) is 12.6. The maximum Gasteiger partial charge on any atom is 0.322 e. The van der Waals surface area contributed by atoms with Crippen molar-refractivity contribution in [2.75, 3.05) is 5.32 Å². The van der Waals surface area contributed by atoms with Crippen molar-refractivity contribution in [2.45, 2.75) is 31.7 Å². The minimum absolute atomic E-state index is 0.0275. The monoisotopic (exact) mass is 584 g/mol. The molecule has 4 aromatic rings. The lowest BCUT2D eigenvalue weighted by Crippen LogP contribution is -2.44. The first-order chi connectivity index (χ1) is 17.5. The van der Waals surface area contributed by atoms with Crippen molar-refractivity contribution in [2.24, 2.45) is 5.92 Å². The summed E-state index contributed by atoms with van der Waals surface area (Å²) in [6.45, 7) is 5.10. The molecule has 10 heteroatoms. The first-order valence-electron chi connectivity index (χ1n) is 11.4. The van der Waals surface area contributed by atoms with Gasteiger partial charge in [0.2, 0.25) is 10.0 Å². The van der Waals surface area contributed by atoms with Gasteiger partial charge in [-0.3, -0.25) is 9.59 Å². The van der Waals surface area contributed by atoms with Crippen LogP contribution in [0.2, 0.25) is 0 Å². The number of rotatable bonds is 8. The van der Waals surface area contributed by atoms with E-state index in [4.69, 9.17) is 4.42 Å². The molecule has 0 bridgehead atoms. The quantitative estimate of drug-likeness (QED) is 0.240. The summed E-state index contributed by atoms with van der Waals surface area (Å²) in [5, 5.41) is 13.0. The third-order valence-electron chi connectivity index (χ3n) is 5.96. The Kier molecular flexibility index (Phi) is 7.54. The van der Waals surface area contributed by atoms with Gasteiger partial charge in [0.25, 0.3) is 5.91 Å². The molecule has 0 aliphatic carbocycles. The van der Waals surface area contributed by atoms with Gasteiger partial charge in [-0.1, -0.05) is 54.0 Å². The van der Waals surface area contributed by atoms with E-state index >= 15 is 0 Å². The molecular formula is C27H25BrN2O6S. The Labute approximate surface area is 222 Å². The summed E-state index contributed by atoms with van der Waals surface area (Å²) in [5.74, 6) is -1.76. The second-order valence-corrected chi connectivity index (χ2v) is 11.6. The second-order valence-electron chi connectivity index (χ2n) is 8.93. The first kappa shape index (κ1) is 26.6. The molecule has 3 N–H and O–H groups in total. The third kappa shape index (κ3) is 5.76. The van der Waals surface area contributed by atoms with Crippen molar-refractivity contribution in [3.63, 3.8) is 0 Å². The zero-order chi connectivity index (χ0) is 26.9. The molecule has 0 aliphatic rings. The van der Waals surface area contributed by atoms with E-state index in [9.17, 15) is 23.1 Å². The van der Waals surface area contributed by atoms with Gasteiger partial charge in [0.1, 0.15) is 11.6 Å². The van der Waals surface area contributed by atoms with Crippen molar-refractivity contribution in [1.82, 2.24) is 4.72 Å². The Hall–Kier alpha value is -3.47. The molecule has 1 aromatic heterocycles. The number of sulfonamides is 1. The molecule has 37 heavy (non-hydrogen) atoms. The summed E-state index contributed by atoms with van der Waals surface area (Å²) < 4.78 is 34.2. The molecule has 0 unspecified atom stereocenters. The zero-order valence-electron chi connectivity index (χ0n) is 20.3. The van der Waals surface area contributed by atoms with E-state index in [0.29, 0.717) is 11.3 Å². The van der Waals surface area contributed by atoms with Crippen molar-refractivity contribution in [1.29, 1.82) is 0 Å². The van der Waals surface area contributed by atoms with Crippen LogP contribution in [0.5, 0.6) is 0 Å². The van der Waals surface area contributed by atoms with E-state index in [-0.39, 0.29) is 16.6 Å². The molecule has 1 amide bonds. The van der Waals surface area contributed by atoms with E-state index in [1.165, 1.54) is 12.1 Å². The smallest absolute Gasteiger partial charge is 0.322 e. The fraction of sp³-hybridized carbons (Fsp3) is 0.185. The topological polar surface area (TPSA) is 126 Å².